The predicted molar refractivity (Wildman–Crippen MR) is 90.9 cm³/mol. The van der Waals surface area contributed by atoms with E-state index in [1.165, 1.54) is 18.7 Å². The minimum absolute atomic E-state index is 0.00817. The molecule has 2 rings (SSSR count). The van der Waals surface area contributed by atoms with Gasteiger partial charge in [-0.3, -0.25) is 14.9 Å². The number of tetrazole rings is 1. The summed E-state index contributed by atoms with van der Waals surface area (Å²) >= 11 is 3.10. The van der Waals surface area contributed by atoms with Crippen molar-refractivity contribution in [1.82, 2.24) is 20.2 Å². The summed E-state index contributed by atoms with van der Waals surface area (Å²) in [6.07, 6.45) is 0. The van der Waals surface area contributed by atoms with Crippen molar-refractivity contribution in [2.45, 2.75) is 13.8 Å². The number of carbonyl (C=O) groups excluding carboxylic acids is 3. The van der Waals surface area contributed by atoms with Crippen LogP contribution in [-0.2, 0) is 21.4 Å². The second-order valence-electron chi connectivity index (χ2n) is 4.97. The van der Waals surface area contributed by atoms with E-state index in [0.29, 0.717) is 0 Å². The van der Waals surface area contributed by atoms with E-state index >= 15 is 0 Å². The third kappa shape index (κ3) is 4.02. The van der Waals surface area contributed by atoms with Crippen LogP contribution in [0.1, 0.15) is 22.8 Å². The van der Waals surface area contributed by atoms with Gasteiger partial charge in [-0.15, -0.1) is 0 Å². The number of nitrogens with zero attached hydrogens (tertiary/aromatic N) is 4. The summed E-state index contributed by atoms with van der Waals surface area (Å²) in [5.74, 6) is -3.80. The van der Waals surface area contributed by atoms with Crippen molar-refractivity contribution in [2.24, 2.45) is 7.05 Å². The Morgan fingerprint density at radius 1 is 1.35 bits per heavy atom. The Morgan fingerprint density at radius 3 is 2.62 bits per heavy atom. The second kappa shape index (κ2) is 7.99. The lowest BCUT2D eigenvalue weighted by atomic mass is 10.0. The topological polar surface area (TPSA) is 128 Å². The Hall–Kier alpha value is -2.89. The summed E-state index contributed by atoms with van der Waals surface area (Å²) in [5.41, 5.74) is -0.178. The number of ether oxygens (including phenoxy) is 1. The van der Waals surface area contributed by atoms with Crippen LogP contribution in [0.15, 0.2) is 10.5 Å². The Kier molecular flexibility index (Phi) is 5.97. The monoisotopic (exact) mass is 428 g/mol. The van der Waals surface area contributed by atoms with Gasteiger partial charge in [0.05, 0.1) is 17.9 Å². The number of carbonyl (C=O) groups is 3. The molecule has 0 atom stereocenters. The summed E-state index contributed by atoms with van der Waals surface area (Å²) < 4.78 is 20.3. The number of esters is 1. The van der Waals surface area contributed by atoms with Crippen molar-refractivity contribution in [1.29, 1.82) is 0 Å². The molecule has 1 aromatic heterocycles. The minimum atomic E-state index is -1.10. The molecule has 2 N–H and O–H groups in total. The van der Waals surface area contributed by atoms with Gasteiger partial charge in [0.15, 0.2) is 0 Å². The Balaban J connectivity index is 2.36. The van der Waals surface area contributed by atoms with E-state index in [4.69, 9.17) is 0 Å². The fourth-order valence-electron chi connectivity index (χ4n) is 2.03. The molecule has 0 saturated heterocycles. The first-order valence-electron chi connectivity index (χ1n) is 7.26. The molecule has 2 amide bonds. The molecule has 0 aliphatic carbocycles. The molecule has 0 fully saturated rings. The van der Waals surface area contributed by atoms with Crippen molar-refractivity contribution in [2.75, 3.05) is 17.2 Å². The van der Waals surface area contributed by atoms with Crippen molar-refractivity contribution < 1.29 is 23.5 Å². The van der Waals surface area contributed by atoms with Crippen LogP contribution in [-0.4, -0.2) is 44.6 Å². The molecule has 10 nitrogen and oxygen atoms in total. The van der Waals surface area contributed by atoms with Crippen LogP contribution in [0.2, 0.25) is 0 Å². The molecule has 12 heteroatoms. The highest BCUT2D eigenvalue weighted by molar-refractivity contribution is 9.10. The number of halogens is 2. The van der Waals surface area contributed by atoms with E-state index in [-0.39, 0.29) is 33.8 Å². The molecule has 0 aliphatic rings. The van der Waals surface area contributed by atoms with E-state index in [1.807, 2.05) is 0 Å². The molecule has 0 aliphatic heterocycles. The number of benzene rings is 1. The zero-order valence-corrected chi connectivity index (χ0v) is 15.5. The first-order valence-corrected chi connectivity index (χ1v) is 8.06. The highest BCUT2D eigenvalue weighted by Gasteiger charge is 2.24. The number of hydrogen-bond donors (Lipinski definition) is 2. The maximum absolute atomic E-state index is 14.3. The number of rotatable bonds is 4. The number of hydrogen-bond acceptors (Lipinski definition) is 7. The molecular weight excluding hydrogens is 415 g/mol. The standard InChI is InChI=1S/C14H14BrFN6O4/c1-4-26-13(25)12(24)17-10-6(2)9(8(16)5-7(10)15)11(23)18-14-19-20-21-22(14)3/h5H,4H2,1-3H3,(H,17,24)(H,18,19,21,23). The maximum atomic E-state index is 14.3. The van der Waals surface area contributed by atoms with Crippen LogP contribution >= 0.6 is 15.9 Å². The average Bonchev–Trinajstić information content (AvgIpc) is 2.96. The molecule has 0 bridgehead atoms. The largest absolute Gasteiger partial charge is 0.459 e. The zero-order valence-electron chi connectivity index (χ0n) is 14.0. The van der Waals surface area contributed by atoms with E-state index in [9.17, 15) is 18.8 Å². The molecule has 1 aromatic carbocycles. The molecule has 0 spiro atoms. The molecule has 0 saturated carbocycles. The number of aryl methyl sites for hydroxylation is 1. The van der Waals surface area contributed by atoms with Crippen LogP contribution in [0.4, 0.5) is 16.0 Å². The minimum Gasteiger partial charge on any atom is -0.459 e. The number of aromatic nitrogens is 4. The van der Waals surface area contributed by atoms with Crippen molar-refractivity contribution in [3.63, 3.8) is 0 Å². The van der Waals surface area contributed by atoms with Gasteiger partial charge in [0.1, 0.15) is 5.82 Å². The normalized spacial score (nSPS) is 10.3. The lowest BCUT2D eigenvalue weighted by Crippen LogP contribution is -2.26. The fraction of sp³-hybridized carbons (Fsp3) is 0.286. The Morgan fingerprint density at radius 2 is 2.04 bits per heavy atom. The van der Waals surface area contributed by atoms with Gasteiger partial charge in [-0.1, -0.05) is 5.10 Å². The second-order valence-corrected chi connectivity index (χ2v) is 5.82. The van der Waals surface area contributed by atoms with Crippen LogP contribution in [0.3, 0.4) is 0 Å². The lowest BCUT2D eigenvalue weighted by Gasteiger charge is -2.15. The molecule has 1 heterocycles. The van der Waals surface area contributed by atoms with Gasteiger partial charge in [-0.2, -0.15) is 0 Å². The van der Waals surface area contributed by atoms with Gasteiger partial charge in [0.25, 0.3) is 5.91 Å². The third-order valence-electron chi connectivity index (χ3n) is 3.25. The summed E-state index contributed by atoms with van der Waals surface area (Å²) in [6.45, 7) is 2.99. The van der Waals surface area contributed by atoms with Gasteiger partial charge < -0.3 is 10.1 Å². The number of nitrogens with one attached hydrogen (secondary N) is 2. The Labute approximate surface area is 155 Å². The highest BCUT2D eigenvalue weighted by Crippen LogP contribution is 2.31. The SMILES string of the molecule is CCOC(=O)C(=O)Nc1c(Br)cc(F)c(C(=O)Nc2nnnn2C)c1C. The number of amides is 2. The molecular formula is C14H14BrFN6O4. The molecule has 138 valence electrons. The number of anilines is 2. The van der Waals surface area contributed by atoms with E-state index in [1.54, 1.807) is 6.92 Å². The summed E-state index contributed by atoms with van der Waals surface area (Å²) in [5, 5.41) is 15.1. The van der Waals surface area contributed by atoms with Crippen LogP contribution in [0.5, 0.6) is 0 Å². The third-order valence-corrected chi connectivity index (χ3v) is 3.88. The van der Waals surface area contributed by atoms with E-state index in [0.717, 1.165) is 6.07 Å². The fourth-order valence-corrected chi connectivity index (χ4v) is 2.63. The van der Waals surface area contributed by atoms with E-state index in [2.05, 4.69) is 46.8 Å². The van der Waals surface area contributed by atoms with Gasteiger partial charge in [-0.05, 0) is 51.8 Å². The summed E-state index contributed by atoms with van der Waals surface area (Å²) in [6, 6.07) is 0.998. The van der Waals surface area contributed by atoms with Crippen LogP contribution < -0.4 is 10.6 Å². The van der Waals surface area contributed by atoms with Crippen molar-refractivity contribution >= 4 is 45.3 Å². The first kappa shape index (κ1) is 19.4. The first-order chi connectivity index (χ1) is 12.3. The zero-order chi connectivity index (χ0) is 19.4. The predicted octanol–water partition coefficient (Wildman–Crippen LogP) is 1.17. The quantitative estimate of drug-likeness (QED) is 0.552. The van der Waals surface area contributed by atoms with Crippen LogP contribution in [0, 0.1) is 12.7 Å². The molecule has 0 unspecified atom stereocenters. The van der Waals surface area contributed by atoms with Crippen molar-refractivity contribution in [3.8, 4) is 0 Å². The Bertz CT molecular complexity index is 885. The maximum Gasteiger partial charge on any atom is 0.397 e. The van der Waals surface area contributed by atoms with Gasteiger partial charge in [0.2, 0.25) is 5.95 Å². The molecule has 0 radical (unpaired) electrons. The van der Waals surface area contributed by atoms with E-state index < -0.39 is 23.6 Å². The summed E-state index contributed by atoms with van der Waals surface area (Å²) in [7, 11) is 1.49. The van der Waals surface area contributed by atoms with Crippen LogP contribution in [0.25, 0.3) is 0 Å². The van der Waals surface area contributed by atoms with Crippen molar-refractivity contribution in [3.05, 3.63) is 27.5 Å². The lowest BCUT2D eigenvalue weighted by molar-refractivity contribution is -0.152. The summed E-state index contributed by atoms with van der Waals surface area (Å²) in [4.78, 5) is 35.7. The highest BCUT2D eigenvalue weighted by atomic mass is 79.9. The molecule has 2 aromatic rings. The van der Waals surface area contributed by atoms with Gasteiger partial charge in [-0.25, -0.2) is 13.9 Å². The molecule has 26 heavy (non-hydrogen) atoms. The van der Waals surface area contributed by atoms with Gasteiger partial charge in [0, 0.05) is 11.5 Å². The van der Waals surface area contributed by atoms with Gasteiger partial charge >= 0.3 is 11.9 Å². The average molecular weight is 429 g/mol. The smallest absolute Gasteiger partial charge is 0.397 e.